The SMILES string of the molecule is CONC(=O)[C@H]1CNCCO1. The second-order valence-electron chi connectivity index (χ2n) is 2.23. The van der Waals surface area contributed by atoms with E-state index in [1.165, 1.54) is 7.11 Å². The van der Waals surface area contributed by atoms with Crippen molar-refractivity contribution in [1.82, 2.24) is 10.8 Å². The van der Waals surface area contributed by atoms with E-state index in [-0.39, 0.29) is 5.91 Å². The Kier molecular flexibility index (Phi) is 3.28. The number of hydrogen-bond donors (Lipinski definition) is 2. The fraction of sp³-hybridized carbons (Fsp3) is 0.833. The van der Waals surface area contributed by atoms with Crippen molar-refractivity contribution in [2.24, 2.45) is 0 Å². The van der Waals surface area contributed by atoms with Gasteiger partial charge in [-0.15, -0.1) is 0 Å². The fourth-order valence-corrected chi connectivity index (χ4v) is 0.900. The molecule has 1 aliphatic rings. The third kappa shape index (κ3) is 2.45. The van der Waals surface area contributed by atoms with Crippen LogP contribution in [-0.4, -0.2) is 38.8 Å². The monoisotopic (exact) mass is 160 g/mol. The molecule has 5 nitrogen and oxygen atoms in total. The van der Waals surface area contributed by atoms with Gasteiger partial charge in [0.25, 0.3) is 5.91 Å². The Hall–Kier alpha value is -0.650. The summed E-state index contributed by atoms with van der Waals surface area (Å²) in [6.45, 7) is 1.92. The van der Waals surface area contributed by atoms with Crippen molar-refractivity contribution in [3.05, 3.63) is 0 Å². The van der Waals surface area contributed by atoms with Crippen LogP contribution in [0, 0.1) is 0 Å². The van der Waals surface area contributed by atoms with E-state index >= 15 is 0 Å². The van der Waals surface area contributed by atoms with Gasteiger partial charge in [-0.1, -0.05) is 0 Å². The van der Waals surface area contributed by atoms with Crippen LogP contribution in [-0.2, 0) is 14.4 Å². The molecule has 0 aromatic rings. The molecular weight excluding hydrogens is 148 g/mol. The van der Waals surface area contributed by atoms with Crippen LogP contribution in [0.2, 0.25) is 0 Å². The highest BCUT2D eigenvalue weighted by atomic mass is 16.6. The molecule has 1 saturated heterocycles. The van der Waals surface area contributed by atoms with Gasteiger partial charge in [0.05, 0.1) is 13.7 Å². The average Bonchev–Trinajstić information content (AvgIpc) is 2.07. The lowest BCUT2D eigenvalue weighted by Gasteiger charge is -2.21. The van der Waals surface area contributed by atoms with Gasteiger partial charge >= 0.3 is 0 Å². The van der Waals surface area contributed by atoms with Gasteiger partial charge in [-0.2, -0.15) is 0 Å². The molecule has 0 aromatic heterocycles. The standard InChI is InChI=1S/C6H12N2O3/c1-10-8-6(9)5-4-7-2-3-11-5/h5,7H,2-4H2,1H3,(H,8,9)/t5-/m1/s1. The molecule has 1 amide bonds. The van der Waals surface area contributed by atoms with Crippen molar-refractivity contribution >= 4 is 5.91 Å². The van der Waals surface area contributed by atoms with E-state index in [0.717, 1.165) is 6.54 Å². The van der Waals surface area contributed by atoms with Crippen LogP contribution < -0.4 is 10.8 Å². The van der Waals surface area contributed by atoms with Crippen molar-refractivity contribution in [3.63, 3.8) is 0 Å². The summed E-state index contributed by atoms with van der Waals surface area (Å²) in [6.07, 6.45) is -0.413. The van der Waals surface area contributed by atoms with Crippen LogP contribution in [0.1, 0.15) is 0 Å². The van der Waals surface area contributed by atoms with Gasteiger partial charge < -0.3 is 10.1 Å². The molecule has 0 aromatic carbocycles. The molecule has 0 spiro atoms. The normalized spacial score (nSPS) is 24.6. The number of carbonyl (C=O) groups is 1. The molecule has 1 rings (SSSR count). The third-order valence-corrected chi connectivity index (χ3v) is 1.42. The highest BCUT2D eigenvalue weighted by molar-refractivity contribution is 5.80. The number of hydroxylamine groups is 1. The predicted molar refractivity (Wildman–Crippen MR) is 37.8 cm³/mol. The van der Waals surface area contributed by atoms with E-state index in [2.05, 4.69) is 15.6 Å². The van der Waals surface area contributed by atoms with E-state index in [1.807, 2.05) is 0 Å². The summed E-state index contributed by atoms with van der Waals surface area (Å²) in [5.74, 6) is -0.236. The van der Waals surface area contributed by atoms with Gasteiger partial charge in [0.2, 0.25) is 0 Å². The number of nitrogens with one attached hydrogen (secondary N) is 2. The number of hydrogen-bond acceptors (Lipinski definition) is 4. The molecule has 1 aliphatic heterocycles. The lowest BCUT2D eigenvalue weighted by molar-refractivity contribution is -0.144. The van der Waals surface area contributed by atoms with Crippen LogP contribution >= 0.6 is 0 Å². The first-order chi connectivity index (χ1) is 5.34. The Morgan fingerprint density at radius 3 is 3.18 bits per heavy atom. The van der Waals surface area contributed by atoms with Crippen molar-refractivity contribution in [3.8, 4) is 0 Å². The molecule has 2 N–H and O–H groups in total. The Labute approximate surface area is 65.0 Å². The van der Waals surface area contributed by atoms with Crippen molar-refractivity contribution < 1.29 is 14.4 Å². The maximum absolute atomic E-state index is 11.0. The Morgan fingerprint density at radius 2 is 2.64 bits per heavy atom. The molecule has 11 heavy (non-hydrogen) atoms. The highest BCUT2D eigenvalue weighted by Crippen LogP contribution is 1.94. The largest absolute Gasteiger partial charge is 0.366 e. The molecule has 0 bridgehead atoms. The number of amides is 1. The zero-order valence-electron chi connectivity index (χ0n) is 6.42. The van der Waals surface area contributed by atoms with E-state index in [4.69, 9.17) is 4.74 Å². The predicted octanol–water partition coefficient (Wildman–Crippen LogP) is -1.35. The van der Waals surface area contributed by atoms with E-state index in [0.29, 0.717) is 13.2 Å². The van der Waals surface area contributed by atoms with Gasteiger partial charge in [0.1, 0.15) is 0 Å². The van der Waals surface area contributed by atoms with Crippen molar-refractivity contribution in [2.45, 2.75) is 6.10 Å². The van der Waals surface area contributed by atoms with Crippen LogP contribution in [0.5, 0.6) is 0 Å². The van der Waals surface area contributed by atoms with Gasteiger partial charge in [-0.25, -0.2) is 5.48 Å². The Balaban J connectivity index is 2.27. The maximum Gasteiger partial charge on any atom is 0.273 e. The first-order valence-corrected chi connectivity index (χ1v) is 3.49. The molecule has 0 radical (unpaired) electrons. The smallest absolute Gasteiger partial charge is 0.273 e. The molecule has 0 saturated carbocycles. The summed E-state index contributed by atoms with van der Waals surface area (Å²) in [6, 6.07) is 0. The molecule has 5 heteroatoms. The molecule has 64 valence electrons. The second-order valence-corrected chi connectivity index (χ2v) is 2.23. The fourth-order valence-electron chi connectivity index (χ4n) is 0.900. The quantitative estimate of drug-likeness (QED) is 0.490. The van der Waals surface area contributed by atoms with Crippen molar-refractivity contribution in [1.29, 1.82) is 0 Å². The summed E-state index contributed by atoms with van der Waals surface area (Å²) in [5.41, 5.74) is 2.21. The summed E-state index contributed by atoms with van der Waals surface area (Å²) < 4.78 is 5.14. The number of carbonyl (C=O) groups excluding carboxylic acids is 1. The van der Waals surface area contributed by atoms with E-state index < -0.39 is 6.10 Å². The lowest BCUT2D eigenvalue weighted by Crippen LogP contribution is -2.47. The second kappa shape index (κ2) is 4.27. The van der Waals surface area contributed by atoms with E-state index in [1.54, 1.807) is 0 Å². The first-order valence-electron chi connectivity index (χ1n) is 3.49. The number of ether oxygens (including phenoxy) is 1. The molecular formula is C6H12N2O3. The lowest BCUT2D eigenvalue weighted by atomic mass is 10.3. The number of morpholine rings is 1. The summed E-state index contributed by atoms with van der Waals surface area (Å²) >= 11 is 0. The third-order valence-electron chi connectivity index (χ3n) is 1.42. The summed E-state index contributed by atoms with van der Waals surface area (Å²) in [5, 5.41) is 3.03. The van der Waals surface area contributed by atoms with Gasteiger partial charge in [0, 0.05) is 13.1 Å². The van der Waals surface area contributed by atoms with Gasteiger partial charge in [-0.05, 0) is 0 Å². The highest BCUT2D eigenvalue weighted by Gasteiger charge is 2.20. The molecule has 0 aliphatic carbocycles. The maximum atomic E-state index is 11.0. The zero-order valence-corrected chi connectivity index (χ0v) is 6.42. The minimum absolute atomic E-state index is 0.236. The Morgan fingerprint density at radius 1 is 1.82 bits per heavy atom. The summed E-state index contributed by atoms with van der Waals surface area (Å²) in [4.78, 5) is 15.4. The van der Waals surface area contributed by atoms with Gasteiger partial charge in [0.15, 0.2) is 6.10 Å². The minimum atomic E-state index is -0.413. The van der Waals surface area contributed by atoms with Crippen molar-refractivity contribution in [2.75, 3.05) is 26.8 Å². The molecule has 1 fully saturated rings. The van der Waals surface area contributed by atoms with Crippen LogP contribution in [0.3, 0.4) is 0 Å². The molecule has 1 atom stereocenters. The number of rotatable bonds is 2. The zero-order chi connectivity index (χ0) is 8.10. The van der Waals surface area contributed by atoms with Gasteiger partial charge in [-0.3, -0.25) is 9.63 Å². The molecule has 1 heterocycles. The summed E-state index contributed by atoms with van der Waals surface area (Å²) in [7, 11) is 1.40. The van der Waals surface area contributed by atoms with Crippen LogP contribution in [0.4, 0.5) is 0 Å². The topological polar surface area (TPSA) is 59.6 Å². The Bertz CT molecular complexity index is 134. The van der Waals surface area contributed by atoms with Crippen LogP contribution in [0.15, 0.2) is 0 Å². The van der Waals surface area contributed by atoms with Crippen LogP contribution in [0.25, 0.3) is 0 Å². The minimum Gasteiger partial charge on any atom is -0.366 e. The average molecular weight is 160 g/mol. The van der Waals surface area contributed by atoms with E-state index in [9.17, 15) is 4.79 Å². The first kappa shape index (κ1) is 8.45. The molecule has 0 unspecified atom stereocenters.